The number of hydrogen-bond donors (Lipinski definition) is 0. The predicted molar refractivity (Wildman–Crippen MR) is 154 cm³/mol. The summed E-state index contributed by atoms with van der Waals surface area (Å²) < 4.78 is 34.1. The van der Waals surface area contributed by atoms with E-state index < -0.39 is 15.9 Å². The minimum atomic E-state index is -3.80. The third kappa shape index (κ3) is 5.54. The van der Waals surface area contributed by atoms with Crippen molar-refractivity contribution in [1.82, 2.24) is 9.21 Å². The summed E-state index contributed by atoms with van der Waals surface area (Å²) in [5.41, 5.74) is 5.77. The van der Waals surface area contributed by atoms with Crippen molar-refractivity contribution >= 4 is 21.6 Å². The van der Waals surface area contributed by atoms with Crippen LogP contribution in [-0.4, -0.2) is 69.9 Å². The summed E-state index contributed by atoms with van der Waals surface area (Å²) in [6.45, 7) is 9.40. The lowest BCUT2D eigenvalue weighted by atomic mass is 9.87. The molecule has 7 nitrogen and oxygen atoms in total. The topological polar surface area (TPSA) is 70.2 Å². The Morgan fingerprint density at radius 2 is 1.56 bits per heavy atom. The monoisotopic (exact) mass is 547 g/mol. The zero-order valence-electron chi connectivity index (χ0n) is 23.1. The van der Waals surface area contributed by atoms with E-state index in [9.17, 15) is 13.2 Å². The Bertz CT molecular complexity index is 1460. The van der Waals surface area contributed by atoms with Gasteiger partial charge < -0.3 is 14.5 Å². The number of sulfonamides is 1. The summed E-state index contributed by atoms with van der Waals surface area (Å²) in [4.78, 5) is 18.5. The number of rotatable bonds is 6. The molecule has 0 radical (unpaired) electrons. The first-order chi connectivity index (χ1) is 18.7. The molecule has 0 N–H and O–H groups in total. The summed E-state index contributed by atoms with van der Waals surface area (Å²) >= 11 is 0. The highest BCUT2D eigenvalue weighted by Gasteiger charge is 2.45. The van der Waals surface area contributed by atoms with Crippen molar-refractivity contribution < 1.29 is 17.9 Å². The lowest BCUT2D eigenvalue weighted by molar-refractivity contribution is -0.135. The molecule has 2 heterocycles. The second-order valence-electron chi connectivity index (χ2n) is 10.7. The molecule has 8 heteroatoms. The average molecular weight is 548 g/mol. The first-order valence-corrected chi connectivity index (χ1v) is 14.9. The fourth-order valence-corrected chi connectivity index (χ4v) is 7.35. The first-order valence-electron chi connectivity index (χ1n) is 13.5. The molecule has 2 fully saturated rings. The third-order valence-corrected chi connectivity index (χ3v) is 9.88. The lowest BCUT2D eigenvalue weighted by Crippen LogP contribution is -2.51. The van der Waals surface area contributed by atoms with Gasteiger partial charge in [-0.05, 0) is 55.7 Å². The maximum absolute atomic E-state index is 14.0. The van der Waals surface area contributed by atoms with Crippen LogP contribution in [0, 0.1) is 26.7 Å². The summed E-state index contributed by atoms with van der Waals surface area (Å²) in [5.74, 6) is -0.139. The number of anilines is 1. The number of carbonyl (C=O) groups is 1. The summed E-state index contributed by atoms with van der Waals surface area (Å²) in [7, 11) is -2.28. The normalized spacial score (nSPS) is 20.3. The molecule has 2 aliphatic rings. The number of ether oxygens (including phenoxy) is 1. The van der Waals surface area contributed by atoms with Crippen LogP contribution in [0.15, 0.2) is 71.6 Å². The molecule has 0 spiro atoms. The number of carbonyl (C=O) groups excluding carboxylic acids is 1. The fraction of sp³-hybridized carbons (Fsp3) is 0.387. The quantitative estimate of drug-likeness (QED) is 0.458. The Morgan fingerprint density at radius 3 is 2.28 bits per heavy atom. The highest BCUT2D eigenvalue weighted by molar-refractivity contribution is 7.89. The maximum Gasteiger partial charge on any atom is 0.243 e. The van der Waals surface area contributed by atoms with Crippen molar-refractivity contribution in [2.45, 2.75) is 31.6 Å². The van der Waals surface area contributed by atoms with Crippen LogP contribution in [0.1, 0.15) is 28.2 Å². The van der Waals surface area contributed by atoms with Gasteiger partial charge in [-0.2, -0.15) is 4.31 Å². The molecule has 2 aliphatic heterocycles. The van der Waals surface area contributed by atoms with Gasteiger partial charge in [0.2, 0.25) is 15.9 Å². The van der Waals surface area contributed by atoms with E-state index in [4.69, 9.17) is 4.74 Å². The summed E-state index contributed by atoms with van der Waals surface area (Å²) in [5, 5.41) is 0. The van der Waals surface area contributed by atoms with Crippen LogP contribution in [0.5, 0.6) is 5.75 Å². The molecule has 39 heavy (non-hydrogen) atoms. The van der Waals surface area contributed by atoms with E-state index >= 15 is 0 Å². The van der Waals surface area contributed by atoms with Crippen LogP contribution in [0.25, 0.3) is 0 Å². The molecule has 0 aromatic heterocycles. The highest BCUT2D eigenvalue weighted by atomic mass is 32.2. The minimum absolute atomic E-state index is 0.0328. The molecule has 0 bridgehead atoms. The van der Waals surface area contributed by atoms with E-state index in [1.54, 1.807) is 24.3 Å². The maximum atomic E-state index is 14.0. The van der Waals surface area contributed by atoms with Gasteiger partial charge in [-0.15, -0.1) is 0 Å². The Labute approximate surface area is 232 Å². The van der Waals surface area contributed by atoms with Gasteiger partial charge in [0, 0.05) is 56.9 Å². The van der Waals surface area contributed by atoms with Gasteiger partial charge in [0.05, 0.1) is 17.9 Å². The lowest BCUT2D eigenvalue weighted by Gasteiger charge is -2.38. The zero-order chi connectivity index (χ0) is 27.7. The van der Waals surface area contributed by atoms with Crippen LogP contribution in [0.2, 0.25) is 0 Å². The van der Waals surface area contributed by atoms with Gasteiger partial charge in [-0.25, -0.2) is 8.42 Å². The van der Waals surface area contributed by atoms with E-state index in [1.807, 2.05) is 30.0 Å². The largest absolute Gasteiger partial charge is 0.497 e. The Balaban J connectivity index is 1.38. The van der Waals surface area contributed by atoms with Crippen LogP contribution in [0.4, 0.5) is 5.69 Å². The SMILES string of the molecule is COc1cccc(S(=O)(=O)N2C[C@@H](C(=O)N3CCN(c4cc(C)ccc4C)CC3)[C@H](c3cccc(C)c3)C2)c1. The fourth-order valence-electron chi connectivity index (χ4n) is 5.83. The van der Waals surface area contributed by atoms with E-state index in [2.05, 4.69) is 43.0 Å². The van der Waals surface area contributed by atoms with Gasteiger partial charge in [0.25, 0.3) is 0 Å². The van der Waals surface area contributed by atoms with Crippen molar-refractivity contribution in [2.24, 2.45) is 5.92 Å². The number of aryl methyl sites for hydroxylation is 3. The summed E-state index contributed by atoms with van der Waals surface area (Å²) in [6, 6.07) is 21.1. The number of amides is 1. The molecule has 3 aromatic carbocycles. The first kappa shape index (κ1) is 27.2. The van der Waals surface area contributed by atoms with Gasteiger partial charge in [-0.3, -0.25) is 4.79 Å². The Kier molecular flexibility index (Phi) is 7.69. The van der Waals surface area contributed by atoms with Crippen LogP contribution in [0.3, 0.4) is 0 Å². The molecular formula is C31H37N3O4S. The number of piperazine rings is 1. The zero-order valence-corrected chi connectivity index (χ0v) is 23.9. The molecule has 3 aromatic rings. The van der Waals surface area contributed by atoms with E-state index in [-0.39, 0.29) is 29.8 Å². The smallest absolute Gasteiger partial charge is 0.243 e. The van der Waals surface area contributed by atoms with Crippen molar-refractivity contribution in [3.63, 3.8) is 0 Å². The second-order valence-corrected chi connectivity index (χ2v) is 12.7. The van der Waals surface area contributed by atoms with Crippen molar-refractivity contribution in [2.75, 3.05) is 51.3 Å². The number of methoxy groups -OCH3 is 1. The van der Waals surface area contributed by atoms with Crippen LogP contribution < -0.4 is 9.64 Å². The predicted octanol–water partition coefficient (Wildman–Crippen LogP) is 4.37. The minimum Gasteiger partial charge on any atom is -0.497 e. The number of benzene rings is 3. The Morgan fingerprint density at radius 1 is 0.846 bits per heavy atom. The van der Waals surface area contributed by atoms with Gasteiger partial charge >= 0.3 is 0 Å². The molecule has 2 atom stereocenters. The molecule has 0 aliphatic carbocycles. The highest BCUT2D eigenvalue weighted by Crippen LogP contribution is 2.38. The molecule has 2 saturated heterocycles. The van der Waals surface area contributed by atoms with Crippen LogP contribution >= 0.6 is 0 Å². The van der Waals surface area contributed by atoms with Gasteiger partial charge in [-0.1, -0.05) is 48.0 Å². The molecule has 206 valence electrons. The molecule has 0 saturated carbocycles. The number of hydrogen-bond acceptors (Lipinski definition) is 5. The van der Waals surface area contributed by atoms with Crippen molar-refractivity contribution in [3.05, 3.63) is 89.0 Å². The van der Waals surface area contributed by atoms with E-state index in [1.165, 1.54) is 28.2 Å². The van der Waals surface area contributed by atoms with Crippen LogP contribution in [-0.2, 0) is 14.8 Å². The molecule has 1 amide bonds. The molecular weight excluding hydrogens is 510 g/mol. The Hall–Kier alpha value is -3.36. The summed E-state index contributed by atoms with van der Waals surface area (Å²) in [6.07, 6.45) is 0. The third-order valence-electron chi connectivity index (χ3n) is 8.05. The second kappa shape index (κ2) is 11.0. The van der Waals surface area contributed by atoms with Crippen molar-refractivity contribution in [1.29, 1.82) is 0 Å². The van der Waals surface area contributed by atoms with Crippen molar-refractivity contribution in [3.8, 4) is 5.75 Å². The average Bonchev–Trinajstić information content (AvgIpc) is 3.41. The number of nitrogens with zero attached hydrogens (tertiary/aromatic N) is 3. The van der Waals surface area contributed by atoms with Gasteiger partial charge in [0.15, 0.2) is 0 Å². The van der Waals surface area contributed by atoms with E-state index in [0.29, 0.717) is 18.8 Å². The molecule has 0 unspecified atom stereocenters. The molecule has 5 rings (SSSR count). The standard InChI is InChI=1S/C31H37N3O4S/c1-22-7-5-8-25(17-22)28-20-34(39(36,37)27-10-6-9-26(19-27)38-4)21-29(28)31(35)33-15-13-32(14-16-33)30-18-23(2)11-12-24(30)3/h5-12,17-19,28-29H,13-16,20-21H2,1-4H3/t28-,29+/m0/s1. The van der Waals surface area contributed by atoms with E-state index in [0.717, 1.165) is 24.2 Å². The van der Waals surface area contributed by atoms with Gasteiger partial charge in [0.1, 0.15) is 5.75 Å².